The van der Waals surface area contributed by atoms with Gasteiger partial charge in [-0.25, -0.2) is 25.4 Å². The molecule has 0 aromatic heterocycles. The molecule has 3 heterocycles. The van der Waals surface area contributed by atoms with Crippen molar-refractivity contribution in [1.29, 1.82) is 0 Å². The normalized spacial score (nSPS) is 30.1. The second kappa shape index (κ2) is 9.49. The zero-order valence-electron chi connectivity index (χ0n) is 15.9. The number of ether oxygens (including phenoxy) is 2. The second-order valence-electron chi connectivity index (χ2n) is 7.69. The van der Waals surface area contributed by atoms with E-state index in [0.717, 1.165) is 38.5 Å². The van der Waals surface area contributed by atoms with Gasteiger partial charge in [-0.15, -0.1) is 0 Å². The van der Waals surface area contributed by atoms with Crippen molar-refractivity contribution in [1.82, 2.24) is 8.61 Å². The van der Waals surface area contributed by atoms with Crippen molar-refractivity contribution >= 4 is 20.0 Å². The molecule has 8 nitrogen and oxygen atoms in total. The molecule has 0 N–H and O–H groups in total. The van der Waals surface area contributed by atoms with E-state index in [4.69, 9.17) is 9.47 Å². The molecule has 2 unspecified atom stereocenters. The summed E-state index contributed by atoms with van der Waals surface area (Å²) in [5.41, 5.74) is 0. The predicted octanol–water partition coefficient (Wildman–Crippen LogP) is 0.792. The molecule has 0 aromatic carbocycles. The molecule has 2 atom stereocenters. The maximum atomic E-state index is 12.7. The highest BCUT2D eigenvalue weighted by Gasteiger charge is 2.33. The average molecular weight is 425 g/mol. The third-order valence-corrected chi connectivity index (χ3v) is 9.43. The molecule has 10 heteroatoms. The van der Waals surface area contributed by atoms with Crippen molar-refractivity contribution in [2.75, 3.05) is 50.9 Å². The molecular formula is C17H32N2O6S2. The molecule has 3 aliphatic rings. The summed E-state index contributed by atoms with van der Waals surface area (Å²) in [6, 6.07) is 0. The highest BCUT2D eigenvalue weighted by Crippen LogP contribution is 2.20. The summed E-state index contributed by atoms with van der Waals surface area (Å²) in [6.45, 7) is 2.38. The number of hydrogen-bond acceptors (Lipinski definition) is 6. The molecule has 0 aromatic rings. The molecule has 27 heavy (non-hydrogen) atoms. The summed E-state index contributed by atoms with van der Waals surface area (Å²) in [5, 5.41) is 0. The minimum atomic E-state index is -3.44. The van der Waals surface area contributed by atoms with Gasteiger partial charge < -0.3 is 9.47 Å². The number of sulfonamides is 2. The first kappa shape index (κ1) is 21.4. The second-order valence-corrected chi connectivity index (χ2v) is 11.7. The van der Waals surface area contributed by atoms with E-state index in [1.54, 1.807) is 0 Å². The minimum absolute atomic E-state index is 0.00430. The van der Waals surface area contributed by atoms with Crippen molar-refractivity contribution in [3.63, 3.8) is 0 Å². The monoisotopic (exact) mass is 424 g/mol. The molecule has 3 saturated heterocycles. The fraction of sp³-hybridized carbons (Fsp3) is 1.00. The molecule has 0 aliphatic carbocycles. The molecular weight excluding hydrogens is 392 g/mol. The van der Waals surface area contributed by atoms with Gasteiger partial charge in [0.15, 0.2) is 0 Å². The molecule has 0 saturated carbocycles. The van der Waals surface area contributed by atoms with Gasteiger partial charge >= 0.3 is 0 Å². The van der Waals surface area contributed by atoms with E-state index in [-0.39, 0.29) is 36.8 Å². The number of hydrogen-bond donors (Lipinski definition) is 0. The Morgan fingerprint density at radius 3 is 1.44 bits per heavy atom. The van der Waals surface area contributed by atoms with Crippen LogP contribution >= 0.6 is 0 Å². The first-order chi connectivity index (χ1) is 12.9. The van der Waals surface area contributed by atoms with Crippen molar-refractivity contribution in [3.8, 4) is 0 Å². The third kappa shape index (κ3) is 6.11. The fourth-order valence-corrected chi connectivity index (χ4v) is 7.41. The standard InChI is InChI=1S/C17H32N2O6S2/c20-26(21,14-16-6-1-3-12-24-16)18-8-5-9-19(11-10-18)27(22,23)15-17-7-2-4-13-25-17/h16-17H,1-15H2. The lowest BCUT2D eigenvalue weighted by Crippen LogP contribution is -2.42. The van der Waals surface area contributed by atoms with Crippen LogP contribution in [-0.4, -0.2) is 88.6 Å². The topological polar surface area (TPSA) is 93.2 Å². The lowest BCUT2D eigenvalue weighted by atomic mass is 10.1. The van der Waals surface area contributed by atoms with Crippen molar-refractivity contribution < 1.29 is 26.3 Å². The van der Waals surface area contributed by atoms with Gasteiger partial charge in [-0.2, -0.15) is 0 Å². The van der Waals surface area contributed by atoms with Crippen LogP contribution in [0.1, 0.15) is 44.9 Å². The van der Waals surface area contributed by atoms with E-state index in [0.29, 0.717) is 32.7 Å². The van der Waals surface area contributed by atoms with E-state index >= 15 is 0 Å². The van der Waals surface area contributed by atoms with E-state index in [1.807, 2.05) is 0 Å². The maximum Gasteiger partial charge on any atom is 0.216 e. The first-order valence-electron chi connectivity index (χ1n) is 10.1. The predicted molar refractivity (Wildman–Crippen MR) is 103 cm³/mol. The molecule has 158 valence electrons. The Kier molecular flexibility index (Phi) is 7.54. The van der Waals surface area contributed by atoms with E-state index < -0.39 is 20.0 Å². The van der Waals surface area contributed by atoms with Crippen LogP contribution in [-0.2, 0) is 29.5 Å². The summed E-state index contributed by atoms with van der Waals surface area (Å²) in [6.07, 6.45) is 5.53. The molecule has 3 aliphatic heterocycles. The molecule has 3 rings (SSSR count). The zero-order chi connectivity index (χ0) is 19.3. The average Bonchev–Trinajstić information content (AvgIpc) is 2.90. The van der Waals surface area contributed by atoms with E-state index in [9.17, 15) is 16.8 Å². The highest BCUT2D eigenvalue weighted by atomic mass is 32.2. The summed E-state index contributed by atoms with van der Waals surface area (Å²) < 4.78 is 65.0. The Morgan fingerprint density at radius 2 is 1.07 bits per heavy atom. The smallest absolute Gasteiger partial charge is 0.216 e. The Bertz CT molecular complexity index is 612. The Hall–Kier alpha value is -0.260. The lowest BCUT2D eigenvalue weighted by Gasteiger charge is -2.27. The van der Waals surface area contributed by atoms with Crippen LogP contribution in [0.2, 0.25) is 0 Å². The number of nitrogens with zero attached hydrogens (tertiary/aromatic N) is 2. The van der Waals surface area contributed by atoms with Crippen LogP contribution in [0.4, 0.5) is 0 Å². The third-order valence-electron chi connectivity index (χ3n) is 5.54. The van der Waals surface area contributed by atoms with Crippen molar-refractivity contribution in [3.05, 3.63) is 0 Å². The minimum Gasteiger partial charge on any atom is -0.377 e. The maximum absolute atomic E-state index is 12.7. The summed E-state index contributed by atoms with van der Waals surface area (Å²) in [4.78, 5) is 0. The van der Waals surface area contributed by atoms with E-state index in [2.05, 4.69) is 0 Å². The van der Waals surface area contributed by atoms with E-state index in [1.165, 1.54) is 8.61 Å². The summed E-state index contributed by atoms with van der Waals surface area (Å²) >= 11 is 0. The summed E-state index contributed by atoms with van der Waals surface area (Å²) in [7, 11) is -6.88. The molecule has 0 bridgehead atoms. The SMILES string of the molecule is O=S(=O)(CC1CCCCO1)N1CCCN(S(=O)(=O)CC2CCCCO2)CC1. The van der Waals surface area contributed by atoms with Crippen LogP contribution in [0.15, 0.2) is 0 Å². The van der Waals surface area contributed by atoms with Crippen LogP contribution in [0.25, 0.3) is 0 Å². The fourth-order valence-electron chi connectivity index (χ4n) is 3.98. The Labute approximate surface area is 163 Å². The van der Waals surface area contributed by atoms with Crippen LogP contribution in [0, 0.1) is 0 Å². The van der Waals surface area contributed by atoms with Crippen LogP contribution in [0.3, 0.4) is 0 Å². The quantitative estimate of drug-likeness (QED) is 0.626. The number of rotatable bonds is 6. The van der Waals surface area contributed by atoms with Gasteiger partial charge in [-0.05, 0) is 44.9 Å². The lowest BCUT2D eigenvalue weighted by molar-refractivity contribution is 0.0296. The zero-order valence-corrected chi connectivity index (χ0v) is 17.6. The van der Waals surface area contributed by atoms with Gasteiger partial charge in [0.05, 0.1) is 23.7 Å². The van der Waals surface area contributed by atoms with Crippen LogP contribution < -0.4 is 0 Å². The van der Waals surface area contributed by atoms with Gasteiger partial charge in [0.2, 0.25) is 20.0 Å². The molecule has 0 spiro atoms. The van der Waals surface area contributed by atoms with Gasteiger partial charge in [-0.3, -0.25) is 0 Å². The molecule has 0 amide bonds. The van der Waals surface area contributed by atoms with Crippen LogP contribution in [0.5, 0.6) is 0 Å². The highest BCUT2D eigenvalue weighted by molar-refractivity contribution is 7.89. The Morgan fingerprint density at radius 1 is 0.630 bits per heavy atom. The van der Waals surface area contributed by atoms with Crippen molar-refractivity contribution in [2.45, 2.75) is 57.2 Å². The van der Waals surface area contributed by atoms with Gasteiger partial charge in [0.1, 0.15) is 0 Å². The van der Waals surface area contributed by atoms with Gasteiger partial charge in [0, 0.05) is 39.4 Å². The molecule has 3 fully saturated rings. The van der Waals surface area contributed by atoms with Gasteiger partial charge in [0.25, 0.3) is 0 Å². The summed E-state index contributed by atoms with van der Waals surface area (Å²) in [5.74, 6) is -0.00860. The largest absolute Gasteiger partial charge is 0.377 e. The first-order valence-corrected chi connectivity index (χ1v) is 13.3. The van der Waals surface area contributed by atoms with Crippen molar-refractivity contribution in [2.24, 2.45) is 0 Å². The molecule has 0 radical (unpaired) electrons. The van der Waals surface area contributed by atoms with Gasteiger partial charge in [-0.1, -0.05) is 0 Å². The Balaban J connectivity index is 1.55.